The number of aliphatic imine (C=N–C) groups is 1. The van der Waals surface area contributed by atoms with E-state index >= 15 is 0 Å². The first-order chi connectivity index (χ1) is 8.92. The predicted molar refractivity (Wildman–Crippen MR) is 78.9 cm³/mol. The maximum Gasteiger partial charge on any atom is 0.165 e. The van der Waals surface area contributed by atoms with Crippen LogP contribution in [0.1, 0.15) is 45.6 Å². The van der Waals surface area contributed by atoms with Crippen LogP contribution >= 0.6 is 11.6 Å². The number of rotatable bonds is 1. The van der Waals surface area contributed by atoms with Gasteiger partial charge in [-0.05, 0) is 43.9 Å². The summed E-state index contributed by atoms with van der Waals surface area (Å²) >= 11 is 6.08. The number of benzene rings is 1. The molecule has 2 unspecified atom stereocenters. The van der Waals surface area contributed by atoms with Crippen LogP contribution in [0, 0.1) is 5.41 Å². The van der Waals surface area contributed by atoms with Crippen LogP contribution in [0.15, 0.2) is 29.3 Å². The molecular formula is C16H20ClNO. The van der Waals surface area contributed by atoms with Gasteiger partial charge < -0.3 is 4.74 Å². The van der Waals surface area contributed by atoms with Crippen molar-refractivity contribution in [2.75, 3.05) is 0 Å². The zero-order valence-corrected chi connectivity index (χ0v) is 12.5. The molecule has 0 saturated carbocycles. The summed E-state index contributed by atoms with van der Waals surface area (Å²) in [6.45, 7) is 6.65. The van der Waals surface area contributed by atoms with Crippen LogP contribution in [0.25, 0.3) is 0 Å². The molecule has 1 aromatic rings. The number of hydrogen-bond donors (Lipinski definition) is 0. The van der Waals surface area contributed by atoms with Gasteiger partial charge in [-0.25, -0.2) is 0 Å². The first kappa shape index (κ1) is 13.1. The number of nitrogens with zero attached hydrogens (tertiary/aromatic N) is 1. The van der Waals surface area contributed by atoms with Crippen LogP contribution < -0.4 is 0 Å². The highest BCUT2D eigenvalue weighted by molar-refractivity contribution is 6.31. The number of hydrogen-bond acceptors (Lipinski definition) is 2. The van der Waals surface area contributed by atoms with E-state index in [1.165, 1.54) is 0 Å². The monoisotopic (exact) mass is 277 g/mol. The molecule has 2 nitrogen and oxygen atoms in total. The van der Waals surface area contributed by atoms with Crippen LogP contribution in [0.2, 0.25) is 5.02 Å². The first-order valence-corrected chi connectivity index (χ1v) is 7.32. The number of halogens is 1. The minimum Gasteiger partial charge on any atom is -0.350 e. The molecule has 1 fully saturated rings. The Morgan fingerprint density at radius 3 is 2.79 bits per heavy atom. The second-order valence-corrected chi connectivity index (χ2v) is 6.82. The van der Waals surface area contributed by atoms with Crippen LogP contribution in [0.4, 0.5) is 0 Å². The van der Waals surface area contributed by atoms with Crippen LogP contribution in [0.3, 0.4) is 0 Å². The van der Waals surface area contributed by atoms with Gasteiger partial charge in [-0.2, -0.15) is 0 Å². The standard InChI is InChI=1S/C16H20ClNO/c1-11-7-8-16(19-11)15(2,3)10-14(18-16)12-5-4-6-13(17)9-12/h4-6,9,11H,7-8,10H2,1-3H3. The Balaban J connectivity index is 1.99. The molecule has 102 valence electrons. The first-order valence-electron chi connectivity index (χ1n) is 6.94. The molecule has 0 amide bonds. The average Bonchev–Trinajstić information content (AvgIpc) is 2.82. The van der Waals surface area contributed by atoms with E-state index < -0.39 is 0 Å². The maximum absolute atomic E-state index is 6.19. The van der Waals surface area contributed by atoms with Crippen LogP contribution in [-0.2, 0) is 4.74 Å². The molecule has 2 aliphatic heterocycles. The lowest BCUT2D eigenvalue weighted by molar-refractivity contribution is -0.0927. The van der Waals surface area contributed by atoms with Gasteiger partial charge >= 0.3 is 0 Å². The van der Waals surface area contributed by atoms with Crippen molar-refractivity contribution in [1.82, 2.24) is 0 Å². The Morgan fingerprint density at radius 2 is 2.16 bits per heavy atom. The summed E-state index contributed by atoms with van der Waals surface area (Å²) in [6.07, 6.45) is 3.36. The summed E-state index contributed by atoms with van der Waals surface area (Å²) < 4.78 is 6.19. The lowest BCUT2D eigenvalue weighted by atomic mass is 9.78. The third-order valence-electron chi connectivity index (χ3n) is 4.43. The minimum atomic E-state index is -0.329. The Kier molecular flexibility index (Phi) is 2.99. The van der Waals surface area contributed by atoms with Gasteiger partial charge in [0.25, 0.3) is 0 Å². The van der Waals surface area contributed by atoms with Crippen molar-refractivity contribution in [2.45, 2.75) is 51.9 Å². The van der Waals surface area contributed by atoms with Crippen molar-refractivity contribution in [3.05, 3.63) is 34.9 Å². The summed E-state index contributed by atoms with van der Waals surface area (Å²) in [5, 5.41) is 0.764. The smallest absolute Gasteiger partial charge is 0.165 e. The topological polar surface area (TPSA) is 21.6 Å². The zero-order valence-electron chi connectivity index (χ0n) is 11.7. The lowest BCUT2D eigenvalue weighted by Crippen LogP contribution is -2.39. The SMILES string of the molecule is CC1CCC2(N=C(c3cccc(Cl)c3)CC2(C)C)O1. The summed E-state index contributed by atoms with van der Waals surface area (Å²) in [5.41, 5.74) is 1.97. The van der Waals surface area contributed by atoms with E-state index in [1.807, 2.05) is 18.2 Å². The molecule has 2 aliphatic rings. The molecule has 3 rings (SSSR count). The van der Waals surface area contributed by atoms with E-state index in [4.69, 9.17) is 21.3 Å². The second-order valence-electron chi connectivity index (χ2n) is 6.38. The summed E-state index contributed by atoms with van der Waals surface area (Å²) in [5.74, 6) is 0. The summed E-state index contributed by atoms with van der Waals surface area (Å²) in [7, 11) is 0. The Bertz CT molecular complexity index is 537. The quantitative estimate of drug-likeness (QED) is 0.743. The van der Waals surface area contributed by atoms with Crippen LogP contribution in [-0.4, -0.2) is 17.5 Å². The molecule has 0 bridgehead atoms. The van der Waals surface area contributed by atoms with E-state index in [1.54, 1.807) is 0 Å². The molecule has 19 heavy (non-hydrogen) atoms. The van der Waals surface area contributed by atoms with Gasteiger partial charge in [0.15, 0.2) is 5.72 Å². The predicted octanol–water partition coefficient (Wildman–Crippen LogP) is 4.45. The maximum atomic E-state index is 6.19. The van der Waals surface area contributed by atoms with Crippen molar-refractivity contribution in [2.24, 2.45) is 10.4 Å². The van der Waals surface area contributed by atoms with E-state index in [0.29, 0.717) is 6.10 Å². The third kappa shape index (κ3) is 2.11. The zero-order chi connectivity index (χ0) is 13.7. The van der Waals surface area contributed by atoms with Gasteiger partial charge in [-0.15, -0.1) is 0 Å². The van der Waals surface area contributed by atoms with E-state index in [2.05, 4.69) is 26.8 Å². The highest BCUT2D eigenvalue weighted by atomic mass is 35.5. The fourth-order valence-corrected chi connectivity index (χ4v) is 3.42. The molecule has 0 radical (unpaired) electrons. The van der Waals surface area contributed by atoms with Crippen molar-refractivity contribution < 1.29 is 4.74 Å². The van der Waals surface area contributed by atoms with E-state index in [-0.39, 0.29) is 11.1 Å². The molecule has 2 atom stereocenters. The fraction of sp³-hybridized carbons (Fsp3) is 0.562. The van der Waals surface area contributed by atoms with Gasteiger partial charge in [0.2, 0.25) is 0 Å². The Hall–Kier alpha value is -0.860. The summed E-state index contributed by atoms with van der Waals surface area (Å²) in [6, 6.07) is 7.96. The second kappa shape index (κ2) is 4.32. The van der Waals surface area contributed by atoms with E-state index in [9.17, 15) is 0 Å². The fourth-order valence-electron chi connectivity index (χ4n) is 3.23. The molecule has 1 saturated heterocycles. The Morgan fingerprint density at radius 1 is 1.37 bits per heavy atom. The van der Waals surface area contributed by atoms with Gasteiger partial charge in [0.05, 0.1) is 6.10 Å². The van der Waals surface area contributed by atoms with Gasteiger partial charge in [-0.1, -0.05) is 37.6 Å². The molecule has 1 spiro atoms. The van der Waals surface area contributed by atoms with Crippen molar-refractivity contribution in [3.8, 4) is 0 Å². The molecule has 0 aromatic heterocycles. The van der Waals surface area contributed by atoms with Gasteiger partial charge in [-0.3, -0.25) is 4.99 Å². The largest absolute Gasteiger partial charge is 0.350 e. The molecule has 2 heterocycles. The third-order valence-corrected chi connectivity index (χ3v) is 4.66. The lowest BCUT2D eigenvalue weighted by Gasteiger charge is -2.35. The highest BCUT2D eigenvalue weighted by Crippen LogP contribution is 2.51. The molecule has 3 heteroatoms. The molecule has 0 N–H and O–H groups in total. The molecule has 1 aromatic carbocycles. The van der Waals surface area contributed by atoms with Crippen molar-refractivity contribution >= 4 is 17.3 Å². The molecule has 0 aliphatic carbocycles. The Labute approximate surface area is 119 Å². The van der Waals surface area contributed by atoms with Gasteiger partial charge in [0.1, 0.15) is 0 Å². The number of ether oxygens (including phenoxy) is 1. The van der Waals surface area contributed by atoms with Crippen molar-refractivity contribution in [1.29, 1.82) is 0 Å². The van der Waals surface area contributed by atoms with Crippen molar-refractivity contribution in [3.63, 3.8) is 0 Å². The molecular weight excluding hydrogens is 258 g/mol. The van der Waals surface area contributed by atoms with Gasteiger partial charge in [0, 0.05) is 16.1 Å². The average molecular weight is 278 g/mol. The minimum absolute atomic E-state index is 0.0510. The summed E-state index contributed by atoms with van der Waals surface area (Å²) in [4.78, 5) is 4.97. The van der Waals surface area contributed by atoms with Crippen LogP contribution in [0.5, 0.6) is 0 Å². The highest BCUT2D eigenvalue weighted by Gasteiger charge is 2.54. The normalized spacial score (nSPS) is 32.8. The van der Waals surface area contributed by atoms with E-state index in [0.717, 1.165) is 35.6 Å².